The normalized spacial score (nSPS) is 17.2. The van der Waals surface area contributed by atoms with Crippen LogP contribution in [0.25, 0.3) is 10.2 Å². The Balaban J connectivity index is 1.87. The quantitative estimate of drug-likeness (QED) is 0.516. The number of amides is 1. The number of nitrogen functional groups attached to an aromatic ring is 1. The fraction of sp³-hybridized carbons (Fsp3) is 0.450. The van der Waals surface area contributed by atoms with Gasteiger partial charge >= 0.3 is 6.18 Å². The van der Waals surface area contributed by atoms with E-state index in [1.165, 1.54) is 17.5 Å². The number of aryl methyl sites for hydroxylation is 1. The van der Waals surface area contributed by atoms with Gasteiger partial charge in [0.2, 0.25) is 0 Å². The summed E-state index contributed by atoms with van der Waals surface area (Å²) in [5.74, 6) is -0.470. The highest BCUT2D eigenvalue weighted by Gasteiger charge is 2.42. The first-order valence-corrected chi connectivity index (χ1v) is 11.2. The van der Waals surface area contributed by atoms with E-state index in [1.807, 2.05) is 20.8 Å². The van der Waals surface area contributed by atoms with Crippen molar-refractivity contribution in [2.24, 2.45) is 11.3 Å². The SMILES string of the molecule is CC(C)(C)[C@H]1CCc2nc3sc(C(=O)Nc4nccs4)c(N)c3c(C(F)(F)F)c2C1. The molecule has 1 aliphatic rings. The van der Waals surface area contributed by atoms with E-state index in [0.717, 1.165) is 17.8 Å². The fourth-order valence-corrected chi connectivity index (χ4v) is 5.53. The molecule has 1 amide bonds. The minimum absolute atomic E-state index is 0.0212. The summed E-state index contributed by atoms with van der Waals surface area (Å²) in [5.41, 5.74) is 5.76. The molecule has 0 radical (unpaired) electrons. The maximum absolute atomic E-state index is 14.2. The monoisotopic (exact) mass is 454 g/mol. The van der Waals surface area contributed by atoms with Gasteiger partial charge in [-0.25, -0.2) is 9.97 Å². The Morgan fingerprint density at radius 2 is 2.03 bits per heavy atom. The third-order valence-corrected chi connectivity index (χ3v) is 7.40. The second-order valence-corrected chi connectivity index (χ2v) is 10.4. The van der Waals surface area contributed by atoms with Crippen LogP contribution in [0.5, 0.6) is 0 Å². The molecule has 1 atom stereocenters. The largest absolute Gasteiger partial charge is 0.417 e. The van der Waals surface area contributed by atoms with Crippen LogP contribution < -0.4 is 11.1 Å². The number of anilines is 2. The summed E-state index contributed by atoms with van der Waals surface area (Å²) in [5, 5.41) is 4.46. The number of nitrogens with two attached hydrogens (primary N) is 1. The van der Waals surface area contributed by atoms with E-state index >= 15 is 0 Å². The fourth-order valence-electron chi connectivity index (χ4n) is 3.98. The number of nitrogens with one attached hydrogen (secondary N) is 1. The number of aromatic nitrogens is 2. The van der Waals surface area contributed by atoms with Crippen molar-refractivity contribution in [1.82, 2.24) is 9.97 Å². The Hall–Kier alpha value is -2.20. The molecular formula is C20H21F3N4OS2. The molecule has 30 heavy (non-hydrogen) atoms. The first-order chi connectivity index (χ1) is 14.0. The average Bonchev–Trinajstić information content (AvgIpc) is 3.25. The van der Waals surface area contributed by atoms with Gasteiger partial charge in [-0.2, -0.15) is 13.2 Å². The van der Waals surface area contributed by atoms with E-state index < -0.39 is 17.6 Å². The van der Waals surface area contributed by atoms with Gasteiger partial charge in [-0.05, 0) is 36.2 Å². The summed E-state index contributed by atoms with van der Waals surface area (Å²) in [6.07, 6.45) is -1.51. The van der Waals surface area contributed by atoms with E-state index in [2.05, 4.69) is 15.3 Å². The van der Waals surface area contributed by atoms with Gasteiger partial charge in [0.15, 0.2) is 5.13 Å². The van der Waals surface area contributed by atoms with E-state index in [9.17, 15) is 18.0 Å². The Kier molecular flexibility index (Phi) is 5.05. The maximum atomic E-state index is 14.2. The van der Waals surface area contributed by atoms with Gasteiger partial charge < -0.3 is 5.73 Å². The number of thiazole rings is 1. The summed E-state index contributed by atoms with van der Waals surface area (Å²) in [6.45, 7) is 6.13. The van der Waals surface area contributed by atoms with E-state index in [4.69, 9.17) is 5.73 Å². The van der Waals surface area contributed by atoms with Crippen molar-refractivity contribution < 1.29 is 18.0 Å². The van der Waals surface area contributed by atoms with Crippen molar-refractivity contribution in [2.45, 2.75) is 46.2 Å². The molecule has 3 N–H and O–H groups in total. The lowest BCUT2D eigenvalue weighted by atomic mass is 9.70. The Bertz CT molecular complexity index is 1110. The van der Waals surface area contributed by atoms with Crippen molar-refractivity contribution in [3.05, 3.63) is 33.3 Å². The van der Waals surface area contributed by atoms with Crippen molar-refractivity contribution in [3.8, 4) is 0 Å². The molecule has 3 heterocycles. The Morgan fingerprint density at radius 3 is 2.63 bits per heavy atom. The Labute approximate surface area is 179 Å². The van der Waals surface area contributed by atoms with Gasteiger partial charge in [0.05, 0.1) is 11.3 Å². The molecular weight excluding hydrogens is 433 g/mol. The molecule has 0 spiro atoms. The highest BCUT2D eigenvalue weighted by Crippen LogP contribution is 2.48. The lowest BCUT2D eigenvalue weighted by molar-refractivity contribution is -0.137. The number of alkyl halides is 3. The van der Waals surface area contributed by atoms with E-state index in [-0.39, 0.29) is 37.7 Å². The lowest BCUT2D eigenvalue weighted by Gasteiger charge is -2.35. The van der Waals surface area contributed by atoms with Gasteiger partial charge in [0.1, 0.15) is 9.71 Å². The third kappa shape index (κ3) is 3.66. The molecule has 0 bridgehead atoms. The zero-order valence-electron chi connectivity index (χ0n) is 16.7. The van der Waals surface area contributed by atoms with Crippen LogP contribution in [0.1, 0.15) is 53.7 Å². The predicted molar refractivity (Wildman–Crippen MR) is 114 cm³/mol. The second-order valence-electron chi connectivity index (χ2n) is 8.53. The number of fused-ring (bicyclic) bond motifs is 2. The molecule has 1 aliphatic carbocycles. The van der Waals surface area contributed by atoms with E-state index in [0.29, 0.717) is 23.7 Å². The zero-order valence-corrected chi connectivity index (χ0v) is 18.3. The Morgan fingerprint density at radius 1 is 1.30 bits per heavy atom. The molecule has 0 aromatic carbocycles. The number of halogens is 3. The standard InChI is InChI=1S/C20H21F3N4OS2/c1-19(2,3)9-4-5-11-10(8-9)13(20(21,22)23)12-14(24)15(30-17(12)26-11)16(28)27-18-25-6-7-29-18/h6-7,9H,4-5,8,24H2,1-3H3,(H,25,27,28)/t9-/m0/s1. The van der Waals surface area contributed by atoms with Crippen molar-refractivity contribution in [1.29, 1.82) is 0 Å². The van der Waals surface area contributed by atoms with Gasteiger partial charge in [-0.15, -0.1) is 22.7 Å². The summed E-state index contributed by atoms with van der Waals surface area (Å²) in [7, 11) is 0. The lowest BCUT2D eigenvalue weighted by Crippen LogP contribution is -2.29. The number of hydrogen-bond acceptors (Lipinski definition) is 6. The van der Waals surface area contributed by atoms with Crippen molar-refractivity contribution in [3.63, 3.8) is 0 Å². The van der Waals surface area contributed by atoms with Crippen molar-refractivity contribution in [2.75, 3.05) is 11.1 Å². The number of pyridine rings is 1. The van der Waals surface area contributed by atoms with Crippen LogP contribution in [0.3, 0.4) is 0 Å². The third-order valence-electron chi connectivity index (χ3n) is 5.61. The van der Waals surface area contributed by atoms with Crippen molar-refractivity contribution >= 4 is 49.6 Å². The minimum Gasteiger partial charge on any atom is -0.397 e. The molecule has 0 unspecified atom stereocenters. The maximum Gasteiger partial charge on any atom is 0.417 e. The average molecular weight is 455 g/mol. The first kappa shape index (κ1) is 21.0. The van der Waals surface area contributed by atoms with Gasteiger partial charge in [-0.1, -0.05) is 20.8 Å². The van der Waals surface area contributed by atoms with Gasteiger partial charge in [0.25, 0.3) is 5.91 Å². The van der Waals surface area contributed by atoms with Gasteiger partial charge in [-0.3, -0.25) is 10.1 Å². The molecule has 3 aromatic rings. The summed E-state index contributed by atoms with van der Waals surface area (Å²) in [4.78, 5) is 21.3. The van der Waals surface area contributed by atoms with Crippen LogP contribution in [-0.4, -0.2) is 15.9 Å². The summed E-state index contributed by atoms with van der Waals surface area (Å²) >= 11 is 2.11. The second kappa shape index (κ2) is 7.19. The highest BCUT2D eigenvalue weighted by molar-refractivity contribution is 7.21. The number of carbonyl (C=O) groups is 1. The van der Waals surface area contributed by atoms with Crippen LogP contribution in [0, 0.1) is 11.3 Å². The molecule has 3 aromatic heterocycles. The minimum atomic E-state index is -4.59. The number of rotatable bonds is 2. The molecule has 160 valence electrons. The first-order valence-electron chi connectivity index (χ1n) is 9.48. The molecule has 0 saturated heterocycles. The van der Waals surface area contributed by atoms with Crippen LogP contribution in [0.15, 0.2) is 11.6 Å². The molecule has 10 heteroatoms. The zero-order chi connectivity index (χ0) is 21.8. The summed E-state index contributed by atoms with van der Waals surface area (Å²) in [6, 6.07) is 0. The number of carbonyl (C=O) groups excluding carboxylic acids is 1. The number of thiophene rings is 1. The van der Waals surface area contributed by atoms with Crippen LogP contribution >= 0.6 is 22.7 Å². The topological polar surface area (TPSA) is 80.9 Å². The number of hydrogen-bond donors (Lipinski definition) is 2. The van der Waals surface area contributed by atoms with Crippen LogP contribution in [0.2, 0.25) is 0 Å². The molecule has 0 aliphatic heterocycles. The molecule has 0 fully saturated rings. The molecule has 5 nitrogen and oxygen atoms in total. The predicted octanol–water partition coefficient (Wildman–Crippen LogP) is 5.76. The highest BCUT2D eigenvalue weighted by atomic mass is 32.1. The smallest absolute Gasteiger partial charge is 0.397 e. The van der Waals surface area contributed by atoms with Crippen LogP contribution in [0.4, 0.5) is 24.0 Å². The molecule has 0 saturated carbocycles. The van der Waals surface area contributed by atoms with Gasteiger partial charge in [0, 0.05) is 22.7 Å². The van der Waals surface area contributed by atoms with E-state index in [1.54, 1.807) is 5.38 Å². The summed E-state index contributed by atoms with van der Waals surface area (Å²) < 4.78 is 42.7. The number of nitrogens with zero attached hydrogens (tertiary/aromatic N) is 2. The van der Waals surface area contributed by atoms with Crippen LogP contribution in [-0.2, 0) is 19.0 Å². The molecule has 4 rings (SSSR count).